The molecule has 0 bridgehead atoms. The van der Waals surface area contributed by atoms with Gasteiger partial charge in [-0.3, -0.25) is 4.79 Å². The maximum atomic E-state index is 11.1. The van der Waals surface area contributed by atoms with E-state index in [0.717, 1.165) is 0 Å². The molecule has 1 amide bonds. The number of carbonyl (C=O) groups is 1. The molecule has 0 aliphatic rings. The lowest BCUT2D eigenvalue weighted by molar-refractivity contribution is -0.114. The molecule has 0 radical (unpaired) electrons. The number of hydrogen-bond donors (Lipinski definition) is 2. The van der Waals surface area contributed by atoms with Crippen molar-refractivity contribution < 1.29 is 9.53 Å². The van der Waals surface area contributed by atoms with Crippen molar-refractivity contribution in [2.24, 2.45) is 0 Å². The van der Waals surface area contributed by atoms with Gasteiger partial charge < -0.3 is 15.8 Å². The molecule has 19 heavy (non-hydrogen) atoms. The third-order valence-electron chi connectivity index (χ3n) is 2.37. The zero-order valence-electron chi connectivity index (χ0n) is 10.3. The highest BCUT2D eigenvalue weighted by atomic mass is 35.5. The Labute approximate surface area is 116 Å². The van der Waals surface area contributed by atoms with E-state index in [4.69, 9.17) is 22.1 Å². The van der Waals surface area contributed by atoms with Gasteiger partial charge >= 0.3 is 0 Å². The lowest BCUT2D eigenvalue weighted by atomic mass is 10.2. The Morgan fingerprint density at radius 3 is 2.63 bits per heavy atom. The van der Waals surface area contributed by atoms with Crippen LogP contribution in [0.4, 0.5) is 11.4 Å². The molecule has 0 aliphatic heterocycles. The van der Waals surface area contributed by atoms with E-state index in [0.29, 0.717) is 27.9 Å². The number of ether oxygens (including phenoxy) is 1. The van der Waals surface area contributed by atoms with Crippen LogP contribution in [0.25, 0.3) is 0 Å². The van der Waals surface area contributed by atoms with Crippen LogP contribution in [-0.2, 0) is 4.79 Å². The average Bonchev–Trinajstić information content (AvgIpc) is 2.33. The maximum Gasteiger partial charge on any atom is 0.221 e. The van der Waals surface area contributed by atoms with Gasteiger partial charge in [0, 0.05) is 18.0 Å². The van der Waals surface area contributed by atoms with Gasteiger partial charge in [-0.05, 0) is 30.3 Å². The van der Waals surface area contributed by atoms with Gasteiger partial charge in [0.2, 0.25) is 5.91 Å². The highest BCUT2D eigenvalue weighted by Crippen LogP contribution is 2.29. The molecule has 0 fully saturated rings. The minimum absolute atomic E-state index is 0.188. The van der Waals surface area contributed by atoms with Crippen molar-refractivity contribution in [3.05, 3.63) is 47.5 Å². The summed E-state index contributed by atoms with van der Waals surface area (Å²) in [6.45, 7) is 1.42. The Hall–Kier alpha value is -2.20. The minimum atomic E-state index is -0.188. The molecule has 0 aliphatic carbocycles. The first-order valence-corrected chi connectivity index (χ1v) is 6.03. The first-order valence-electron chi connectivity index (χ1n) is 5.65. The molecule has 5 heteroatoms. The predicted molar refractivity (Wildman–Crippen MR) is 76.7 cm³/mol. The second-order valence-corrected chi connectivity index (χ2v) is 4.43. The number of nitrogens with two attached hydrogens (primary N) is 1. The molecule has 0 saturated heterocycles. The van der Waals surface area contributed by atoms with E-state index in [9.17, 15) is 4.79 Å². The number of nitrogen functional groups attached to an aromatic ring is 1. The zero-order valence-corrected chi connectivity index (χ0v) is 11.1. The molecule has 0 unspecified atom stereocenters. The lowest BCUT2D eigenvalue weighted by Crippen LogP contribution is -2.08. The molecule has 0 atom stereocenters. The molecule has 2 aromatic carbocycles. The quantitative estimate of drug-likeness (QED) is 0.841. The fraction of sp³-hybridized carbons (Fsp3) is 0.0714. The van der Waals surface area contributed by atoms with Gasteiger partial charge in [-0.1, -0.05) is 17.7 Å². The molecule has 0 saturated carbocycles. The second-order valence-electron chi connectivity index (χ2n) is 3.99. The van der Waals surface area contributed by atoms with Gasteiger partial charge in [0.05, 0.1) is 11.4 Å². The SMILES string of the molecule is CC(=O)Nc1cc(Oc2cccc(Cl)c2)ccc1N. The predicted octanol–water partition coefficient (Wildman–Crippen LogP) is 3.67. The summed E-state index contributed by atoms with van der Waals surface area (Å²) in [5, 5.41) is 3.23. The van der Waals surface area contributed by atoms with Crippen molar-refractivity contribution in [3.63, 3.8) is 0 Å². The summed E-state index contributed by atoms with van der Waals surface area (Å²) in [5.74, 6) is 0.998. The van der Waals surface area contributed by atoms with E-state index in [1.165, 1.54) is 6.92 Å². The number of halogens is 1. The Bertz CT molecular complexity index is 614. The normalized spacial score (nSPS) is 10.0. The summed E-state index contributed by atoms with van der Waals surface area (Å²) >= 11 is 5.88. The van der Waals surface area contributed by atoms with Crippen LogP contribution in [0.5, 0.6) is 11.5 Å². The summed E-state index contributed by atoms with van der Waals surface area (Å²) in [4.78, 5) is 11.1. The summed E-state index contributed by atoms with van der Waals surface area (Å²) in [5.41, 5.74) is 6.76. The van der Waals surface area contributed by atoms with Crippen molar-refractivity contribution in [1.29, 1.82) is 0 Å². The van der Waals surface area contributed by atoms with Crippen molar-refractivity contribution in [2.45, 2.75) is 6.92 Å². The molecule has 4 nitrogen and oxygen atoms in total. The van der Waals surface area contributed by atoms with Crippen LogP contribution in [-0.4, -0.2) is 5.91 Å². The molecule has 0 spiro atoms. The Morgan fingerprint density at radius 2 is 1.95 bits per heavy atom. The van der Waals surface area contributed by atoms with Crippen molar-refractivity contribution in [3.8, 4) is 11.5 Å². The largest absolute Gasteiger partial charge is 0.457 e. The van der Waals surface area contributed by atoms with E-state index in [1.54, 1.807) is 42.5 Å². The van der Waals surface area contributed by atoms with Gasteiger partial charge in [-0.15, -0.1) is 0 Å². The fourth-order valence-corrected chi connectivity index (χ4v) is 1.74. The monoisotopic (exact) mass is 276 g/mol. The third kappa shape index (κ3) is 3.63. The van der Waals surface area contributed by atoms with E-state index >= 15 is 0 Å². The number of amides is 1. The van der Waals surface area contributed by atoms with Crippen LogP contribution >= 0.6 is 11.6 Å². The summed E-state index contributed by atoms with van der Waals surface area (Å²) in [7, 11) is 0. The lowest BCUT2D eigenvalue weighted by Gasteiger charge is -2.10. The zero-order chi connectivity index (χ0) is 13.8. The first-order chi connectivity index (χ1) is 9.04. The van der Waals surface area contributed by atoms with Gasteiger partial charge in [0.25, 0.3) is 0 Å². The van der Waals surface area contributed by atoms with Gasteiger partial charge in [0.15, 0.2) is 0 Å². The number of hydrogen-bond acceptors (Lipinski definition) is 3. The van der Waals surface area contributed by atoms with Gasteiger partial charge in [0.1, 0.15) is 11.5 Å². The van der Waals surface area contributed by atoms with E-state index in [-0.39, 0.29) is 5.91 Å². The van der Waals surface area contributed by atoms with Crippen molar-refractivity contribution in [2.75, 3.05) is 11.1 Å². The average molecular weight is 277 g/mol. The van der Waals surface area contributed by atoms with Crippen LogP contribution in [0.15, 0.2) is 42.5 Å². The number of rotatable bonds is 3. The van der Waals surface area contributed by atoms with E-state index < -0.39 is 0 Å². The van der Waals surface area contributed by atoms with E-state index in [2.05, 4.69) is 5.32 Å². The minimum Gasteiger partial charge on any atom is -0.457 e. The van der Waals surface area contributed by atoms with Crippen LogP contribution in [0.3, 0.4) is 0 Å². The Balaban J connectivity index is 2.23. The van der Waals surface area contributed by atoms with Crippen LogP contribution in [0, 0.1) is 0 Å². The summed E-state index contributed by atoms with van der Waals surface area (Å²) in [6.07, 6.45) is 0. The summed E-state index contributed by atoms with van der Waals surface area (Å²) < 4.78 is 5.65. The smallest absolute Gasteiger partial charge is 0.221 e. The molecule has 0 aromatic heterocycles. The first kappa shape index (κ1) is 13.2. The van der Waals surface area contributed by atoms with Crippen molar-refractivity contribution in [1.82, 2.24) is 0 Å². The molecular formula is C14H13ClN2O2. The standard InChI is InChI=1S/C14H13ClN2O2/c1-9(18)17-14-8-12(5-6-13(14)16)19-11-4-2-3-10(15)7-11/h2-8H,16H2,1H3,(H,17,18). The highest BCUT2D eigenvalue weighted by molar-refractivity contribution is 6.30. The fourth-order valence-electron chi connectivity index (χ4n) is 1.56. The number of benzene rings is 2. The number of anilines is 2. The van der Waals surface area contributed by atoms with Gasteiger partial charge in [-0.25, -0.2) is 0 Å². The molecule has 3 N–H and O–H groups in total. The van der Waals surface area contributed by atoms with Crippen molar-refractivity contribution >= 4 is 28.9 Å². The molecule has 2 rings (SSSR count). The Morgan fingerprint density at radius 1 is 1.21 bits per heavy atom. The number of nitrogens with one attached hydrogen (secondary N) is 1. The molecule has 2 aromatic rings. The summed E-state index contributed by atoms with van der Waals surface area (Å²) in [6, 6.07) is 12.1. The molecule has 0 heterocycles. The number of carbonyl (C=O) groups excluding carboxylic acids is 1. The third-order valence-corrected chi connectivity index (χ3v) is 2.60. The Kier molecular flexibility index (Phi) is 3.92. The van der Waals surface area contributed by atoms with Crippen LogP contribution < -0.4 is 15.8 Å². The van der Waals surface area contributed by atoms with E-state index in [1.807, 2.05) is 0 Å². The second kappa shape index (κ2) is 5.63. The van der Waals surface area contributed by atoms with Gasteiger partial charge in [-0.2, -0.15) is 0 Å². The maximum absolute atomic E-state index is 11.1. The molecular weight excluding hydrogens is 264 g/mol. The highest BCUT2D eigenvalue weighted by Gasteiger charge is 2.05. The topological polar surface area (TPSA) is 64.3 Å². The van der Waals surface area contributed by atoms with Crippen LogP contribution in [0.2, 0.25) is 5.02 Å². The van der Waals surface area contributed by atoms with Crippen LogP contribution in [0.1, 0.15) is 6.92 Å². The molecule has 98 valence electrons.